The summed E-state index contributed by atoms with van der Waals surface area (Å²) in [6, 6.07) is 8.31. The molecule has 0 aromatic heterocycles. The molecule has 1 rings (SSSR count). The van der Waals surface area contributed by atoms with Gasteiger partial charge in [-0.1, -0.05) is 45.0 Å². The summed E-state index contributed by atoms with van der Waals surface area (Å²) in [5, 5.41) is 0. The quantitative estimate of drug-likeness (QED) is 0.691. The van der Waals surface area contributed by atoms with E-state index in [0.717, 1.165) is 5.56 Å². The van der Waals surface area contributed by atoms with Gasteiger partial charge in [0.05, 0.1) is 5.88 Å². The van der Waals surface area contributed by atoms with E-state index in [0.29, 0.717) is 0 Å². The van der Waals surface area contributed by atoms with Gasteiger partial charge in [0, 0.05) is 20.4 Å². The van der Waals surface area contributed by atoms with Gasteiger partial charge in [-0.25, -0.2) is 0 Å². The molecule has 0 aliphatic heterocycles. The third-order valence-electron chi connectivity index (χ3n) is 1.90. The Morgan fingerprint density at radius 1 is 1.08 bits per heavy atom. The number of rotatable bonds is 1. The maximum Gasteiger partial charge on any atom is 0.0790 e. The molecular weight excluding hydrogens is 274 g/mol. The number of hydrogen-bond acceptors (Lipinski definition) is 0. The molecule has 1 aromatic rings. The van der Waals surface area contributed by atoms with Crippen LogP contribution in [0, 0.1) is 5.88 Å². The van der Waals surface area contributed by atoms with Crippen LogP contribution in [0.4, 0.5) is 0 Å². The summed E-state index contributed by atoms with van der Waals surface area (Å²) in [4.78, 5) is 0. The van der Waals surface area contributed by atoms with Crippen LogP contribution in [-0.4, -0.2) is 0 Å². The van der Waals surface area contributed by atoms with Crippen molar-refractivity contribution in [3.8, 4) is 0 Å². The summed E-state index contributed by atoms with van der Waals surface area (Å²) < 4.78 is 0. The zero-order valence-corrected chi connectivity index (χ0v) is 10.4. The van der Waals surface area contributed by atoms with E-state index in [-0.39, 0.29) is 25.8 Å². The van der Waals surface area contributed by atoms with Crippen molar-refractivity contribution in [3.63, 3.8) is 0 Å². The van der Waals surface area contributed by atoms with Gasteiger partial charge in [-0.05, 0) is 16.5 Å². The molecule has 0 bridgehead atoms. The summed E-state index contributed by atoms with van der Waals surface area (Å²) in [5.41, 5.74) is 2.62. The Bertz CT molecular complexity index is 246. The second-order valence-corrected chi connectivity index (χ2v) is 4.20. The van der Waals surface area contributed by atoms with Gasteiger partial charge in [-0.15, -0.1) is 11.6 Å². The average molecular weight is 288 g/mol. The first-order valence-corrected chi connectivity index (χ1v) is 4.51. The molecule has 13 heavy (non-hydrogen) atoms. The maximum atomic E-state index is 5.57. The van der Waals surface area contributed by atoms with E-state index in [1.165, 1.54) is 5.56 Å². The van der Waals surface area contributed by atoms with Gasteiger partial charge in [0.15, 0.2) is 0 Å². The van der Waals surface area contributed by atoms with E-state index in [1.54, 1.807) is 5.88 Å². The van der Waals surface area contributed by atoms with Gasteiger partial charge in [0.1, 0.15) is 0 Å². The summed E-state index contributed by atoms with van der Waals surface area (Å²) in [5.74, 6) is 1.59. The summed E-state index contributed by atoms with van der Waals surface area (Å²) >= 11 is 5.57. The Kier molecular flexibility index (Phi) is 5.22. The van der Waals surface area contributed by atoms with Crippen LogP contribution < -0.4 is 0 Å². The van der Waals surface area contributed by atoms with Gasteiger partial charge >= 0.3 is 0 Å². The first-order valence-electron chi connectivity index (χ1n) is 4.08. The topological polar surface area (TPSA) is 0 Å². The Morgan fingerprint density at radius 2 is 1.54 bits per heavy atom. The molecule has 0 amide bonds. The number of halogens is 1. The molecule has 0 heterocycles. The molecule has 2 heteroatoms. The van der Waals surface area contributed by atoms with Crippen LogP contribution in [0.15, 0.2) is 24.3 Å². The molecule has 1 radical (unpaired) electrons. The van der Waals surface area contributed by atoms with Gasteiger partial charge in [0.2, 0.25) is 0 Å². The predicted octanol–water partition coefficient (Wildman–Crippen LogP) is 3.73. The number of hydrogen-bond donors (Lipinski definition) is 0. The van der Waals surface area contributed by atoms with Crippen molar-refractivity contribution in [2.24, 2.45) is 0 Å². The van der Waals surface area contributed by atoms with Crippen LogP contribution in [0.3, 0.4) is 0 Å². The van der Waals surface area contributed by atoms with Crippen molar-refractivity contribution in [1.82, 2.24) is 0 Å². The van der Waals surface area contributed by atoms with E-state index in [2.05, 4.69) is 32.9 Å². The fraction of sp³-hybridized carbons (Fsp3) is 0.364. The van der Waals surface area contributed by atoms with Crippen molar-refractivity contribution >= 4 is 11.6 Å². The Balaban J connectivity index is 0.00000144. The van der Waals surface area contributed by atoms with E-state index < -0.39 is 0 Å². The summed E-state index contributed by atoms with van der Waals surface area (Å²) in [6.07, 6.45) is 0. The molecule has 0 spiro atoms. The van der Waals surface area contributed by atoms with Gasteiger partial charge in [-0.3, -0.25) is 0 Å². The first kappa shape index (κ1) is 13.2. The predicted molar refractivity (Wildman–Crippen MR) is 54.4 cm³/mol. The second kappa shape index (κ2) is 5.15. The van der Waals surface area contributed by atoms with Crippen molar-refractivity contribution in [3.05, 3.63) is 41.3 Å². The molecule has 0 saturated heterocycles. The first-order chi connectivity index (χ1) is 5.54. The molecule has 0 aliphatic rings. The summed E-state index contributed by atoms with van der Waals surface area (Å²) in [6.45, 7) is 6.60. The second-order valence-electron chi connectivity index (χ2n) is 3.98. The zero-order chi connectivity index (χ0) is 9.19. The largest absolute Gasteiger partial charge is 0.116 e. The van der Waals surface area contributed by atoms with Crippen molar-refractivity contribution in [2.45, 2.75) is 26.2 Å². The summed E-state index contributed by atoms with van der Waals surface area (Å²) in [7, 11) is 0. The van der Waals surface area contributed by atoms with Gasteiger partial charge in [0.25, 0.3) is 0 Å². The SMILES string of the molecule is CC(C)(C)c1ccc([CH]Cl)cc1.[Pd]. The fourth-order valence-corrected chi connectivity index (χ4v) is 1.20. The smallest absolute Gasteiger partial charge is 0.0790 e. The zero-order valence-electron chi connectivity index (χ0n) is 8.08. The standard InChI is InChI=1S/C11H14Cl.Pd/c1-11(2,3)10-6-4-9(8-12)5-7-10;/h4-8H,1-3H3;. The Labute approximate surface area is 99.3 Å². The van der Waals surface area contributed by atoms with E-state index in [1.807, 2.05) is 12.1 Å². The van der Waals surface area contributed by atoms with Crippen LogP contribution in [-0.2, 0) is 25.8 Å². The van der Waals surface area contributed by atoms with Crippen molar-refractivity contribution in [1.29, 1.82) is 0 Å². The molecular formula is C11H14ClPd. The van der Waals surface area contributed by atoms with Crippen LogP contribution in [0.25, 0.3) is 0 Å². The fourth-order valence-electron chi connectivity index (χ4n) is 1.06. The van der Waals surface area contributed by atoms with Crippen LogP contribution >= 0.6 is 11.6 Å². The molecule has 0 fully saturated rings. The minimum Gasteiger partial charge on any atom is -0.116 e. The van der Waals surface area contributed by atoms with Crippen LogP contribution in [0.1, 0.15) is 31.9 Å². The molecule has 0 N–H and O–H groups in total. The van der Waals surface area contributed by atoms with Crippen molar-refractivity contribution in [2.75, 3.05) is 0 Å². The van der Waals surface area contributed by atoms with E-state index in [9.17, 15) is 0 Å². The minimum atomic E-state index is 0. The number of benzene rings is 1. The maximum absolute atomic E-state index is 5.57. The minimum absolute atomic E-state index is 0. The molecule has 0 atom stereocenters. The third kappa shape index (κ3) is 3.81. The molecule has 0 saturated carbocycles. The monoisotopic (exact) mass is 287 g/mol. The Hall–Kier alpha value is 0.172. The van der Waals surface area contributed by atoms with E-state index >= 15 is 0 Å². The average Bonchev–Trinajstić information content (AvgIpc) is 2.03. The third-order valence-corrected chi connectivity index (χ3v) is 2.15. The molecule has 0 unspecified atom stereocenters. The molecule has 1 aromatic carbocycles. The van der Waals surface area contributed by atoms with E-state index in [4.69, 9.17) is 11.6 Å². The van der Waals surface area contributed by atoms with Gasteiger partial charge < -0.3 is 0 Å². The van der Waals surface area contributed by atoms with Crippen LogP contribution in [0.2, 0.25) is 0 Å². The normalized spacial score (nSPS) is 10.8. The molecule has 0 aliphatic carbocycles. The molecule has 0 nitrogen and oxygen atoms in total. The van der Waals surface area contributed by atoms with Gasteiger partial charge in [-0.2, -0.15) is 0 Å². The van der Waals surface area contributed by atoms with Crippen molar-refractivity contribution < 1.29 is 20.4 Å². The Morgan fingerprint density at radius 3 is 1.85 bits per heavy atom. The molecule has 75 valence electrons. The van der Waals surface area contributed by atoms with Crippen LogP contribution in [0.5, 0.6) is 0 Å².